The molecule has 0 fully saturated rings. The zero-order valence-corrected chi connectivity index (χ0v) is 15.7. The van der Waals surface area contributed by atoms with E-state index in [1.165, 1.54) is 4.90 Å². The van der Waals surface area contributed by atoms with Crippen molar-refractivity contribution in [2.75, 3.05) is 12.0 Å². The molecule has 1 aliphatic heterocycles. The van der Waals surface area contributed by atoms with Gasteiger partial charge in [-0.1, -0.05) is 48.5 Å². The predicted octanol–water partition coefficient (Wildman–Crippen LogP) is 4.73. The first-order valence-electron chi connectivity index (χ1n) is 8.99. The summed E-state index contributed by atoms with van der Waals surface area (Å²) in [6.07, 6.45) is 1.81. The van der Waals surface area contributed by atoms with Gasteiger partial charge in [-0.3, -0.25) is 9.59 Å². The van der Waals surface area contributed by atoms with E-state index in [9.17, 15) is 9.59 Å². The number of ether oxygens (including phenoxy) is 1. The first-order chi connectivity index (χ1) is 13.6. The fraction of sp³-hybridized carbons (Fsp3) is 0.0833. The summed E-state index contributed by atoms with van der Waals surface area (Å²) < 4.78 is 5.28. The van der Waals surface area contributed by atoms with Crippen LogP contribution >= 0.6 is 0 Å². The van der Waals surface area contributed by atoms with Gasteiger partial charge in [0.2, 0.25) is 0 Å². The maximum atomic E-state index is 13.4. The molecule has 0 radical (unpaired) electrons. The fourth-order valence-electron chi connectivity index (χ4n) is 3.42. The van der Waals surface area contributed by atoms with Crippen molar-refractivity contribution in [3.8, 4) is 5.75 Å². The number of fused-ring (bicyclic) bond motifs is 1. The Hall–Kier alpha value is -3.66. The topological polar surface area (TPSA) is 46.6 Å². The van der Waals surface area contributed by atoms with Crippen LogP contribution in [0.1, 0.15) is 27.0 Å². The number of carbonyl (C=O) groups excluding carboxylic acids is 2. The van der Waals surface area contributed by atoms with Gasteiger partial charge >= 0.3 is 0 Å². The number of aryl methyl sites for hydroxylation is 1. The normalized spacial score (nSPS) is 14.9. The molecule has 2 amide bonds. The molecule has 0 aliphatic carbocycles. The second-order valence-electron chi connectivity index (χ2n) is 6.61. The molecule has 4 heteroatoms. The molecule has 0 unspecified atom stereocenters. The molecule has 0 aromatic heterocycles. The average Bonchev–Trinajstić information content (AvgIpc) is 2.73. The number of amides is 2. The summed E-state index contributed by atoms with van der Waals surface area (Å²) in [4.78, 5) is 27.8. The Morgan fingerprint density at radius 3 is 2.29 bits per heavy atom. The lowest BCUT2D eigenvalue weighted by Crippen LogP contribution is -2.42. The Labute approximate surface area is 163 Å². The Balaban J connectivity index is 1.91. The van der Waals surface area contributed by atoms with Gasteiger partial charge in [0.25, 0.3) is 11.8 Å². The molecular formula is C24H19NO3. The second-order valence-corrected chi connectivity index (χ2v) is 6.61. The summed E-state index contributed by atoms with van der Waals surface area (Å²) >= 11 is 0. The maximum Gasteiger partial charge on any atom is 0.265 e. The summed E-state index contributed by atoms with van der Waals surface area (Å²) in [7, 11) is 1.60. The lowest BCUT2D eigenvalue weighted by molar-refractivity contribution is -0.112. The van der Waals surface area contributed by atoms with Crippen LogP contribution in [-0.2, 0) is 4.79 Å². The summed E-state index contributed by atoms with van der Waals surface area (Å²) in [6, 6.07) is 22.1. The van der Waals surface area contributed by atoms with Crippen LogP contribution in [-0.4, -0.2) is 18.9 Å². The van der Waals surface area contributed by atoms with Crippen molar-refractivity contribution in [3.63, 3.8) is 0 Å². The number of hydrogen-bond donors (Lipinski definition) is 0. The van der Waals surface area contributed by atoms with E-state index in [2.05, 4.69) is 0 Å². The molecule has 0 atom stereocenters. The number of hydrogen-bond acceptors (Lipinski definition) is 3. The molecule has 4 nitrogen and oxygen atoms in total. The van der Waals surface area contributed by atoms with Crippen molar-refractivity contribution in [3.05, 3.63) is 95.1 Å². The van der Waals surface area contributed by atoms with Gasteiger partial charge in [0, 0.05) is 11.1 Å². The maximum absolute atomic E-state index is 13.4. The Kier molecular flexibility index (Phi) is 4.53. The minimum atomic E-state index is -0.333. The first kappa shape index (κ1) is 17.7. The molecule has 0 N–H and O–H groups in total. The van der Waals surface area contributed by atoms with Gasteiger partial charge in [0.15, 0.2) is 0 Å². The van der Waals surface area contributed by atoms with Gasteiger partial charge in [0.1, 0.15) is 5.75 Å². The highest BCUT2D eigenvalue weighted by Gasteiger charge is 2.36. The van der Waals surface area contributed by atoms with Crippen molar-refractivity contribution in [2.45, 2.75) is 6.92 Å². The number of para-hydroxylation sites is 1. The van der Waals surface area contributed by atoms with Crippen LogP contribution in [0.4, 0.5) is 5.69 Å². The van der Waals surface area contributed by atoms with Crippen LogP contribution in [0.3, 0.4) is 0 Å². The Bertz CT molecular complexity index is 1110. The summed E-state index contributed by atoms with van der Waals surface area (Å²) in [5, 5.41) is 0. The van der Waals surface area contributed by atoms with E-state index < -0.39 is 0 Å². The minimum Gasteiger partial charge on any atom is -0.497 e. The van der Waals surface area contributed by atoms with Crippen molar-refractivity contribution in [2.24, 2.45) is 0 Å². The fourth-order valence-corrected chi connectivity index (χ4v) is 3.42. The van der Waals surface area contributed by atoms with E-state index in [0.717, 1.165) is 11.1 Å². The number of nitrogens with zero attached hydrogens (tertiary/aromatic N) is 1. The lowest BCUT2D eigenvalue weighted by atomic mass is 9.91. The van der Waals surface area contributed by atoms with Crippen LogP contribution in [0.5, 0.6) is 5.75 Å². The minimum absolute atomic E-state index is 0.308. The molecule has 3 aromatic carbocycles. The van der Waals surface area contributed by atoms with Gasteiger partial charge < -0.3 is 4.74 Å². The van der Waals surface area contributed by atoms with Gasteiger partial charge in [-0.2, -0.15) is 0 Å². The third-order valence-corrected chi connectivity index (χ3v) is 4.85. The van der Waals surface area contributed by atoms with Crippen molar-refractivity contribution in [1.29, 1.82) is 0 Å². The van der Waals surface area contributed by atoms with Gasteiger partial charge in [-0.05, 0) is 54.0 Å². The predicted molar refractivity (Wildman–Crippen MR) is 110 cm³/mol. The Morgan fingerprint density at radius 1 is 0.821 bits per heavy atom. The third kappa shape index (κ3) is 2.99. The largest absolute Gasteiger partial charge is 0.497 e. The zero-order chi connectivity index (χ0) is 19.7. The van der Waals surface area contributed by atoms with Crippen molar-refractivity contribution < 1.29 is 14.3 Å². The van der Waals surface area contributed by atoms with Gasteiger partial charge in [0.05, 0.1) is 12.8 Å². The average molecular weight is 369 g/mol. The number of methoxy groups -OCH3 is 1. The molecule has 0 bridgehead atoms. The monoisotopic (exact) mass is 369 g/mol. The highest BCUT2D eigenvalue weighted by Crippen LogP contribution is 2.34. The van der Waals surface area contributed by atoms with Crippen molar-refractivity contribution in [1.82, 2.24) is 0 Å². The van der Waals surface area contributed by atoms with E-state index in [4.69, 9.17) is 4.74 Å². The molecule has 1 heterocycles. The Morgan fingerprint density at radius 2 is 1.54 bits per heavy atom. The molecule has 138 valence electrons. The highest BCUT2D eigenvalue weighted by atomic mass is 16.5. The molecule has 3 aromatic rings. The smallest absolute Gasteiger partial charge is 0.265 e. The van der Waals surface area contributed by atoms with E-state index in [-0.39, 0.29) is 11.8 Å². The van der Waals surface area contributed by atoms with Crippen LogP contribution in [0.15, 0.2) is 72.8 Å². The summed E-state index contributed by atoms with van der Waals surface area (Å²) in [5.41, 5.74) is 3.93. The van der Waals surface area contributed by atoms with Crippen LogP contribution in [0.2, 0.25) is 0 Å². The summed E-state index contributed by atoms with van der Waals surface area (Å²) in [6.45, 7) is 1.89. The van der Waals surface area contributed by atoms with Crippen LogP contribution in [0.25, 0.3) is 11.6 Å². The van der Waals surface area contributed by atoms with E-state index >= 15 is 0 Å². The highest BCUT2D eigenvalue weighted by molar-refractivity contribution is 6.43. The van der Waals surface area contributed by atoms with E-state index in [1.807, 2.05) is 67.6 Å². The number of imide groups is 1. The van der Waals surface area contributed by atoms with Crippen LogP contribution < -0.4 is 9.64 Å². The number of rotatable bonds is 3. The lowest BCUT2D eigenvalue weighted by Gasteiger charge is -2.29. The van der Waals surface area contributed by atoms with Crippen molar-refractivity contribution >= 4 is 29.2 Å². The second kappa shape index (κ2) is 7.16. The molecule has 1 aliphatic rings. The molecule has 28 heavy (non-hydrogen) atoms. The van der Waals surface area contributed by atoms with Gasteiger partial charge in [-0.25, -0.2) is 4.90 Å². The number of carbonyl (C=O) groups is 2. The standard InChI is InChI=1S/C24H19NO3/c1-16-8-3-6-13-22(16)25-23(26)20-12-5-4-11-19(20)21(24(25)27)15-17-9-7-10-18(14-17)28-2/h3-15H,1-2H3/b21-15+. The molecule has 4 rings (SSSR count). The molecular weight excluding hydrogens is 350 g/mol. The molecule has 0 saturated carbocycles. The SMILES string of the molecule is COc1cccc(/C=C2/C(=O)N(c3ccccc3C)C(=O)c3ccccc32)c1. The number of anilines is 1. The molecule has 0 saturated heterocycles. The first-order valence-corrected chi connectivity index (χ1v) is 8.99. The summed E-state index contributed by atoms with van der Waals surface area (Å²) in [5.74, 6) is 0.0660. The third-order valence-electron chi connectivity index (χ3n) is 4.85. The van der Waals surface area contributed by atoms with Crippen LogP contribution in [0, 0.1) is 6.92 Å². The number of benzene rings is 3. The van der Waals surface area contributed by atoms with Gasteiger partial charge in [-0.15, -0.1) is 0 Å². The zero-order valence-electron chi connectivity index (χ0n) is 15.7. The van der Waals surface area contributed by atoms with E-state index in [0.29, 0.717) is 28.1 Å². The quantitative estimate of drug-likeness (QED) is 0.495. The molecule has 0 spiro atoms. The van der Waals surface area contributed by atoms with E-state index in [1.54, 1.807) is 25.3 Å².